The summed E-state index contributed by atoms with van der Waals surface area (Å²) in [7, 11) is 0. The number of nitrogens with one attached hydrogen (secondary N) is 2. The molecule has 3 rings (SSSR count). The molecule has 2 N–H and O–H groups in total. The van der Waals surface area contributed by atoms with Crippen molar-refractivity contribution in [1.82, 2.24) is 15.2 Å². The van der Waals surface area contributed by atoms with Crippen LogP contribution in [0.3, 0.4) is 0 Å². The highest BCUT2D eigenvalue weighted by Gasteiger charge is 2.22. The summed E-state index contributed by atoms with van der Waals surface area (Å²) in [4.78, 5) is 17.7. The molecular formula is C17H23N3O2. The molecule has 0 radical (unpaired) electrons. The number of aromatic amines is 1. The van der Waals surface area contributed by atoms with Gasteiger partial charge in [-0.3, -0.25) is 9.69 Å². The molecule has 0 spiro atoms. The highest BCUT2D eigenvalue weighted by molar-refractivity contribution is 5.83. The smallest absolute Gasteiger partial charge is 0.237 e. The number of nitrogens with zero attached hydrogens (tertiary/aromatic N) is 1. The van der Waals surface area contributed by atoms with E-state index in [4.69, 9.17) is 4.74 Å². The van der Waals surface area contributed by atoms with Crippen LogP contribution in [-0.4, -0.2) is 54.7 Å². The number of amides is 1. The Morgan fingerprint density at radius 1 is 1.36 bits per heavy atom. The normalized spacial score (nSPS) is 17.5. The van der Waals surface area contributed by atoms with Gasteiger partial charge >= 0.3 is 0 Å². The summed E-state index contributed by atoms with van der Waals surface area (Å²) < 4.78 is 5.32. The summed E-state index contributed by atoms with van der Waals surface area (Å²) in [6, 6.07) is 8.15. The molecular weight excluding hydrogens is 278 g/mol. The molecule has 2 aromatic rings. The first-order chi connectivity index (χ1) is 10.8. The molecule has 1 aromatic carbocycles. The number of H-pyrrole nitrogens is 1. The molecule has 1 saturated heterocycles. The van der Waals surface area contributed by atoms with Crippen molar-refractivity contribution in [2.75, 3.05) is 32.8 Å². The molecule has 1 atom stereocenters. The van der Waals surface area contributed by atoms with Gasteiger partial charge in [0.2, 0.25) is 5.91 Å². The molecule has 1 fully saturated rings. The topological polar surface area (TPSA) is 57.4 Å². The van der Waals surface area contributed by atoms with E-state index in [1.807, 2.05) is 25.3 Å². The SMILES string of the molecule is CC(C(=O)NCCc1c[nH]c2ccccc12)N1CCOCC1. The molecule has 0 saturated carbocycles. The fourth-order valence-corrected chi connectivity index (χ4v) is 2.94. The van der Waals surface area contributed by atoms with E-state index in [1.54, 1.807) is 0 Å². The van der Waals surface area contributed by atoms with E-state index in [-0.39, 0.29) is 11.9 Å². The molecule has 5 nitrogen and oxygen atoms in total. The lowest BCUT2D eigenvalue weighted by atomic mass is 10.1. The summed E-state index contributed by atoms with van der Waals surface area (Å²) in [5, 5.41) is 4.28. The number of carbonyl (C=O) groups excluding carboxylic acids is 1. The van der Waals surface area contributed by atoms with Gasteiger partial charge in [-0.05, 0) is 25.0 Å². The Kier molecular flexibility index (Phi) is 4.75. The number of hydrogen-bond acceptors (Lipinski definition) is 3. The van der Waals surface area contributed by atoms with Gasteiger partial charge in [-0.25, -0.2) is 0 Å². The van der Waals surface area contributed by atoms with Crippen molar-refractivity contribution < 1.29 is 9.53 Å². The van der Waals surface area contributed by atoms with E-state index >= 15 is 0 Å². The molecule has 118 valence electrons. The van der Waals surface area contributed by atoms with Gasteiger partial charge in [-0.1, -0.05) is 18.2 Å². The van der Waals surface area contributed by atoms with Gasteiger partial charge in [0.15, 0.2) is 0 Å². The summed E-state index contributed by atoms with van der Waals surface area (Å²) in [5.74, 6) is 0.0988. The standard InChI is InChI=1S/C17H23N3O2/c1-13(20-8-10-22-11-9-20)17(21)18-7-6-14-12-19-16-5-3-2-4-15(14)16/h2-5,12-13,19H,6-11H2,1H3,(H,18,21). The third-order valence-electron chi connectivity index (χ3n) is 4.34. The molecule has 1 aromatic heterocycles. The van der Waals surface area contributed by atoms with Crippen LogP contribution in [0.5, 0.6) is 0 Å². The highest BCUT2D eigenvalue weighted by atomic mass is 16.5. The Bertz CT molecular complexity index is 632. The van der Waals surface area contributed by atoms with Gasteiger partial charge in [0.1, 0.15) is 0 Å². The number of morpholine rings is 1. The largest absolute Gasteiger partial charge is 0.379 e. The average Bonchev–Trinajstić information content (AvgIpc) is 2.98. The molecule has 2 heterocycles. The van der Waals surface area contributed by atoms with E-state index in [1.165, 1.54) is 10.9 Å². The second-order valence-corrected chi connectivity index (χ2v) is 5.72. The van der Waals surface area contributed by atoms with Crippen LogP contribution in [0.2, 0.25) is 0 Å². The number of fused-ring (bicyclic) bond motifs is 1. The van der Waals surface area contributed by atoms with E-state index in [2.05, 4.69) is 27.3 Å². The zero-order valence-corrected chi connectivity index (χ0v) is 13.0. The van der Waals surface area contributed by atoms with Crippen LogP contribution >= 0.6 is 0 Å². The van der Waals surface area contributed by atoms with Crippen LogP contribution in [0.25, 0.3) is 10.9 Å². The van der Waals surface area contributed by atoms with Crippen molar-refractivity contribution in [3.8, 4) is 0 Å². The number of aromatic nitrogens is 1. The Morgan fingerprint density at radius 2 is 2.14 bits per heavy atom. The number of rotatable bonds is 5. The lowest BCUT2D eigenvalue weighted by Crippen LogP contribution is -2.49. The first kappa shape index (κ1) is 15.1. The van der Waals surface area contributed by atoms with Crippen LogP contribution < -0.4 is 5.32 Å². The van der Waals surface area contributed by atoms with Crippen LogP contribution in [0.4, 0.5) is 0 Å². The zero-order chi connectivity index (χ0) is 15.4. The van der Waals surface area contributed by atoms with Crippen LogP contribution in [-0.2, 0) is 16.0 Å². The van der Waals surface area contributed by atoms with E-state index in [0.29, 0.717) is 19.8 Å². The van der Waals surface area contributed by atoms with Crippen molar-refractivity contribution in [2.45, 2.75) is 19.4 Å². The van der Waals surface area contributed by atoms with Gasteiger partial charge in [-0.2, -0.15) is 0 Å². The number of para-hydroxylation sites is 1. The Morgan fingerprint density at radius 3 is 2.95 bits per heavy atom. The lowest BCUT2D eigenvalue weighted by Gasteiger charge is -2.31. The fraction of sp³-hybridized carbons (Fsp3) is 0.471. The third kappa shape index (κ3) is 3.31. The van der Waals surface area contributed by atoms with Gasteiger partial charge < -0.3 is 15.0 Å². The van der Waals surface area contributed by atoms with Crippen molar-refractivity contribution in [3.63, 3.8) is 0 Å². The second kappa shape index (κ2) is 6.94. The number of carbonyl (C=O) groups is 1. The van der Waals surface area contributed by atoms with Crippen LogP contribution in [0, 0.1) is 0 Å². The molecule has 1 unspecified atom stereocenters. The summed E-state index contributed by atoms with van der Waals surface area (Å²) in [6.45, 7) is 5.72. The zero-order valence-electron chi connectivity index (χ0n) is 13.0. The maximum absolute atomic E-state index is 12.2. The van der Waals surface area contributed by atoms with Crippen molar-refractivity contribution >= 4 is 16.8 Å². The molecule has 0 aliphatic carbocycles. The van der Waals surface area contributed by atoms with E-state index < -0.39 is 0 Å². The summed E-state index contributed by atoms with van der Waals surface area (Å²) >= 11 is 0. The molecule has 5 heteroatoms. The van der Waals surface area contributed by atoms with Crippen molar-refractivity contribution in [3.05, 3.63) is 36.0 Å². The molecule has 1 aliphatic rings. The first-order valence-corrected chi connectivity index (χ1v) is 7.90. The molecule has 1 amide bonds. The van der Waals surface area contributed by atoms with Crippen LogP contribution in [0.15, 0.2) is 30.5 Å². The second-order valence-electron chi connectivity index (χ2n) is 5.72. The summed E-state index contributed by atoms with van der Waals surface area (Å²) in [5.41, 5.74) is 2.39. The Hall–Kier alpha value is -1.85. The first-order valence-electron chi connectivity index (χ1n) is 7.90. The maximum atomic E-state index is 12.2. The number of ether oxygens (including phenoxy) is 1. The monoisotopic (exact) mass is 301 g/mol. The molecule has 1 aliphatic heterocycles. The van der Waals surface area contributed by atoms with Gasteiger partial charge in [0.25, 0.3) is 0 Å². The molecule has 0 bridgehead atoms. The van der Waals surface area contributed by atoms with E-state index in [9.17, 15) is 4.79 Å². The van der Waals surface area contributed by atoms with Crippen molar-refractivity contribution in [1.29, 1.82) is 0 Å². The lowest BCUT2D eigenvalue weighted by molar-refractivity contribution is -0.127. The van der Waals surface area contributed by atoms with Gasteiger partial charge in [-0.15, -0.1) is 0 Å². The predicted molar refractivity (Wildman–Crippen MR) is 86.9 cm³/mol. The van der Waals surface area contributed by atoms with Gasteiger partial charge in [0.05, 0.1) is 19.3 Å². The van der Waals surface area contributed by atoms with Crippen LogP contribution in [0.1, 0.15) is 12.5 Å². The minimum Gasteiger partial charge on any atom is -0.379 e. The van der Waals surface area contributed by atoms with E-state index in [0.717, 1.165) is 25.0 Å². The Balaban J connectivity index is 1.51. The summed E-state index contributed by atoms with van der Waals surface area (Å²) in [6.07, 6.45) is 2.87. The average molecular weight is 301 g/mol. The minimum absolute atomic E-state index is 0.0909. The molecule has 22 heavy (non-hydrogen) atoms. The minimum atomic E-state index is -0.0909. The predicted octanol–water partition coefficient (Wildman–Crippen LogP) is 1.55. The fourth-order valence-electron chi connectivity index (χ4n) is 2.94. The third-order valence-corrected chi connectivity index (χ3v) is 4.34. The highest BCUT2D eigenvalue weighted by Crippen LogP contribution is 2.17. The number of benzene rings is 1. The maximum Gasteiger partial charge on any atom is 0.237 e. The number of hydrogen-bond donors (Lipinski definition) is 2. The van der Waals surface area contributed by atoms with Crippen molar-refractivity contribution in [2.24, 2.45) is 0 Å². The quantitative estimate of drug-likeness (QED) is 0.881. The Labute approximate surface area is 130 Å². The van der Waals surface area contributed by atoms with Gasteiger partial charge in [0, 0.05) is 36.7 Å².